The number of aliphatic imine (C=N–C) groups is 1. The highest BCUT2D eigenvalue weighted by Gasteiger charge is 2.53. The zero-order valence-corrected chi connectivity index (χ0v) is 20.6. The Balaban J connectivity index is 1.59. The number of hydrogen-bond acceptors (Lipinski definition) is 4. The number of ether oxygens (including phenoxy) is 1. The number of nitrogens with zero attached hydrogens (tertiary/aromatic N) is 2. The molecule has 0 amide bonds. The van der Waals surface area contributed by atoms with Gasteiger partial charge in [-0.15, -0.1) is 0 Å². The van der Waals surface area contributed by atoms with Crippen LogP contribution in [0.4, 0.5) is 0 Å². The highest BCUT2D eigenvalue weighted by atomic mass is 16.5. The molecule has 180 valence electrons. The molecule has 0 spiro atoms. The molecular formula is C32H30N2O2. The summed E-state index contributed by atoms with van der Waals surface area (Å²) in [6, 6.07) is 40.0. The van der Waals surface area contributed by atoms with Crippen LogP contribution in [0.3, 0.4) is 0 Å². The third-order valence-corrected chi connectivity index (χ3v) is 6.76. The Morgan fingerprint density at radius 3 is 1.97 bits per heavy atom. The first kappa shape index (κ1) is 23.6. The topological polar surface area (TPSA) is 41.9 Å². The molecule has 5 rings (SSSR count). The molecule has 1 aliphatic heterocycles. The molecule has 4 aromatic carbocycles. The molecule has 4 heteroatoms. The van der Waals surface area contributed by atoms with Gasteiger partial charge in [0.05, 0.1) is 6.04 Å². The average Bonchev–Trinajstić information content (AvgIpc) is 3.23. The predicted molar refractivity (Wildman–Crippen MR) is 144 cm³/mol. The SMILES string of the molecule is C[C@@H](OC(=O)[C@]1(C)N=C(c2ccccc2)N(Cc2ccccc2)[C@@H]1c1ccccc1)c1ccccc1. The number of hydrogen-bond donors (Lipinski definition) is 0. The molecule has 0 aromatic heterocycles. The van der Waals surface area contributed by atoms with Crippen LogP contribution in [0.15, 0.2) is 126 Å². The van der Waals surface area contributed by atoms with Crippen LogP contribution >= 0.6 is 0 Å². The van der Waals surface area contributed by atoms with Crippen molar-refractivity contribution in [2.45, 2.75) is 38.1 Å². The Hall–Kier alpha value is -4.18. The number of benzene rings is 4. The summed E-state index contributed by atoms with van der Waals surface area (Å²) in [5, 5.41) is 0. The van der Waals surface area contributed by atoms with Crippen LogP contribution in [0.1, 0.15) is 48.2 Å². The number of carbonyl (C=O) groups excluding carboxylic acids is 1. The minimum absolute atomic E-state index is 0.329. The number of esters is 1. The molecule has 0 bridgehead atoms. The molecule has 1 heterocycles. The van der Waals surface area contributed by atoms with Gasteiger partial charge in [-0.05, 0) is 30.5 Å². The molecule has 0 N–H and O–H groups in total. The lowest BCUT2D eigenvalue weighted by Crippen LogP contribution is -2.44. The van der Waals surface area contributed by atoms with Crippen LogP contribution in [0, 0.1) is 0 Å². The van der Waals surface area contributed by atoms with E-state index in [2.05, 4.69) is 29.2 Å². The maximum absolute atomic E-state index is 14.0. The largest absolute Gasteiger partial charge is 0.456 e. The second-order valence-electron chi connectivity index (χ2n) is 9.33. The lowest BCUT2D eigenvalue weighted by Gasteiger charge is -2.35. The zero-order chi connectivity index (χ0) is 25.0. The Labute approximate surface area is 212 Å². The van der Waals surface area contributed by atoms with Crippen LogP contribution in [0.2, 0.25) is 0 Å². The minimum Gasteiger partial charge on any atom is -0.456 e. The molecule has 3 atom stereocenters. The van der Waals surface area contributed by atoms with E-state index in [4.69, 9.17) is 9.73 Å². The molecule has 0 radical (unpaired) electrons. The van der Waals surface area contributed by atoms with Crippen molar-refractivity contribution in [2.24, 2.45) is 4.99 Å². The lowest BCUT2D eigenvalue weighted by atomic mass is 9.87. The fourth-order valence-electron chi connectivity index (χ4n) is 4.90. The summed E-state index contributed by atoms with van der Waals surface area (Å²) in [4.78, 5) is 21.3. The molecule has 0 unspecified atom stereocenters. The van der Waals surface area contributed by atoms with Gasteiger partial charge < -0.3 is 9.64 Å². The smallest absolute Gasteiger partial charge is 0.336 e. The van der Waals surface area contributed by atoms with E-state index in [1.54, 1.807) is 0 Å². The van der Waals surface area contributed by atoms with Gasteiger partial charge in [-0.25, -0.2) is 9.79 Å². The van der Waals surface area contributed by atoms with Gasteiger partial charge in [0.1, 0.15) is 11.9 Å². The third-order valence-electron chi connectivity index (χ3n) is 6.76. The van der Waals surface area contributed by atoms with Crippen LogP contribution < -0.4 is 0 Å². The Morgan fingerprint density at radius 1 is 0.833 bits per heavy atom. The summed E-state index contributed by atoms with van der Waals surface area (Å²) in [5.41, 5.74) is 2.97. The van der Waals surface area contributed by atoms with Gasteiger partial charge in [0.25, 0.3) is 0 Å². The number of amidine groups is 1. The van der Waals surface area contributed by atoms with Crippen LogP contribution in [0.25, 0.3) is 0 Å². The second kappa shape index (κ2) is 10.2. The summed E-state index contributed by atoms with van der Waals surface area (Å²) in [6.07, 6.45) is -0.384. The van der Waals surface area contributed by atoms with Gasteiger partial charge in [0.15, 0.2) is 5.54 Å². The summed E-state index contributed by atoms with van der Waals surface area (Å²) in [5.74, 6) is 0.455. The fourth-order valence-corrected chi connectivity index (χ4v) is 4.90. The molecule has 4 aromatic rings. The lowest BCUT2D eigenvalue weighted by molar-refractivity contribution is -0.156. The molecular weight excluding hydrogens is 444 g/mol. The highest BCUT2D eigenvalue weighted by molar-refractivity contribution is 6.04. The van der Waals surface area contributed by atoms with Gasteiger partial charge in [0.2, 0.25) is 0 Å². The van der Waals surface area contributed by atoms with Gasteiger partial charge in [0, 0.05) is 12.1 Å². The predicted octanol–water partition coefficient (Wildman–Crippen LogP) is 6.75. The highest BCUT2D eigenvalue weighted by Crippen LogP contribution is 2.44. The van der Waals surface area contributed by atoms with E-state index < -0.39 is 5.54 Å². The van der Waals surface area contributed by atoms with Crippen molar-refractivity contribution in [2.75, 3.05) is 0 Å². The second-order valence-corrected chi connectivity index (χ2v) is 9.33. The summed E-state index contributed by atoms with van der Waals surface area (Å²) in [6.45, 7) is 4.43. The van der Waals surface area contributed by atoms with E-state index in [9.17, 15) is 4.79 Å². The van der Waals surface area contributed by atoms with E-state index >= 15 is 0 Å². The minimum atomic E-state index is -1.13. The van der Waals surface area contributed by atoms with Crippen molar-refractivity contribution in [3.05, 3.63) is 144 Å². The van der Waals surface area contributed by atoms with Crippen molar-refractivity contribution >= 4 is 11.8 Å². The summed E-state index contributed by atoms with van der Waals surface area (Å²) in [7, 11) is 0. The van der Waals surface area contributed by atoms with Gasteiger partial charge in [-0.3, -0.25) is 0 Å². The average molecular weight is 475 g/mol. The Morgan fingerprint density at radius 2 is 1.36 bits per heavy atom. The van der Waals surface area contributed by atoms with E-state index in [0.717, 1.165) is 28.1 Å². The molecule has 4 nitrogen and oxygen atoms in total. The van der Waals surface area contributed by atoms with Crippen molar-refractivity contribution in [3.63, 3.8) is 0 Å². The van der Waals surface area contributed by atoms with Crippen molar-refractivity contribution in [3.8, 4) is 0 Å². The first-order chi connectivity index (χ1) is 17.6. The van der Waals surface area contributed by atoms with Crippen LogP contribution in [-0.2, 0) is 16.1 Å². The molecule has 0 fully saturated rings. The Bertz CT molecular complexity index is 1320. The van der Waals surface area contributed by atoms with Crippen LogP contribution in [-0.4, -0.2) is 22.2 Å². The third kappa shape index (κ3) is 4.67. The van der Waals surface area contributed by atoms with E-state index in [-0.39, 0.29) is 18.1 Å². The maximum Gasteiger partial charge on any atom is 0.336 e. The van der Waals surface area contributed by atoms with Gasteiger partial charge in [-0.2, -0.15) is 0 Å². The summed E-state index contributed by atoms with van der Waals surface area (Å²) >= 11 is 0. The monoisotopic (exact) mass is 474 g/mol. The van der Waals surface area contributed by atoms with Crippen LogP contribution in [0.5, 0.6) is 0 Å². The first-order valence-electron chi connectivity index (χ1n) is 12.3. The summed E-state index contributed by atoms with van der Waals surface area (Å²) < 4.78 is 6.09. The first-order valence-corrected chi connectivity index (χ1v) is 12.3. The molecule has 36 heavy (non-hydrogen) atoms. The molecule has 0 aliphatic carbocycles. The number of rotatable bonds is 7. The molecule has 0 saturated carbocycles. The number of carbonyl (C=O) groups is 1. The Kier molecular flexibility index (Phi) is 6.68. The van der Waals surface area contributed by atoms with Crippen molar-refractivity contribution < 1.29 is 9.53 Å². The van der Waals surface area contributed by atoms with Crippen molar-refractivity contribution in [1.29, 1.82) is 0 Å². The van der Waals surface area contributed by atoms with Gasteiger partial charge in [-0.1, -0.05) is 121 Å². The molecule has 0 saturated heterocycles. The van der Waals surface area contributed by atoms with Crippen molar-refractivity contribution in [1.82, 2.24) is 4.90 Å². The quantitative estimate of drug-likeness (QED) is 0.278. The van der Waals surface area contributed by atoms with E-state index in [0.29, 0.717) is 6.54 Å². The van der Waals surface area contributed by atoms with E-state index in [1.165, 1.54) is 0 Å². The van der Waals surface area contributed by atoms with Gasteiger partial charge >= 0.3 is 5.97 Å². The maximum atomic E-state index is 14.0. The molecule has 1 aliphatic rings. The fraction of sp³-hybridized carbons (Fsp3) is 0.188. The normalized spacial score (nSPS) is 20.0. The zero-order valence-electron chi connectivity index (χ0n) is 20.6. The van der Waals surface area contributed by atoms with E-state index in [1.807, 2.05) is 111 Å². The standard InChI is InChI=1S/C32H30N2O2/c1-24(26-17-9-4-10-18-26)36-31(35)32(2)29(27-19-11-5-12-20-27)34(23-25-15-7-3-8-16-25)30(33-32)28-21-13-6-14-22-28/h3-22,24,29H,23H2,1-2H3/t24-,29-,32-/m1/s1.